The Balaban J connectivity index is 1.53. The van der Waals surface area contributed by atoms with Gasteiger partial charge in [0.25, 0.3) is 0 Å². The van der Waals surface area contributed by atoms with Gasteiger partial charge in [-0.2, -0.15) is 0 Å². The second-order valence-corrected chi connectivity index (χ2v) is 11.6. The molecule has 5 nitrogen and oxygen atoms in total. The largest absolute Gasteiger partial charge is 0.390 e. The third kappa shape index (κ3) is 5.48. The predicted octanol–water partition coefficient (Wildman–Crippen LogP) is 3.89. The Kier molecular flexibility index (Phi) is 6.42. The van der Waals surface area contributed by atoms with E-state index in [1.54, 1.807) is 12.1 Å². The lowest BCUT2D eigenvalue weighted by Gasteiger charge is -2.45. The SMILES string of the molecule is CC1(O)CCC(CN2CCN(c3cccc(S(C)(=O)=O)c3)C[C@H]2c2ccccc2)CC1. The molecule has 31 heavy (non-hydrogen) atoms. The third-order valence-corrected chi connectivity index (χ3v) is 8.07. The van der Waals surface area contributed by atoms with E-state index in [4.69, 9.17) is 0 Å². The van der Waals surface area contributed by atoms with E-state index in [1.807, 2.05) is 25.1 Å². The molecule has 1 N–H and O–H groups in total. The highest BCUT2D eigenvalue weighted by atomic mass is 32.2. The summed E-state index contributed by atoms with van der Waals surface area (Å²) in [6, 6.07) is 18.2. The number of hydrogen-bond acceptors (Lipinski definition) is 5. The molecule has 2 fully saturated rings. The van der Waals surface area contributed by atoms with E-state index in [9.17, 15) is 13.5 Å². The maximum atomic E-state index is 12.0. The van der Waals surface area contributed by atoms with Crippen LogP contribution in [0.2, 0.25) is 0 Å². The Labute approximate surface area is 186 Å². The lowest BCUT2D eigenvalue weighted by atomic mass is 9.79. The van der Waals surface area contributed by atoms with Crippen LogP contribution in [0.1, 0.15) is 44.2 Å². The van der Waals surface area contributed by atoms with Gasteiger partial charge in [-0.3, -0.25) is 4.90 Å². The van der Waals surface area contributed by atoms with Crippen LogP contribution < -0.4 is 4.90 Å². The fraction of sp³-hybridized carbons (Fsp3) is 0.520. The van der Waals surface area contributed by atoms with E-state index in [2.05, 4.69) is 34.1 Å². The first kappa shape index (κ1) is 22.3. The monoisotopic (exact) mass is 442 g/mol. The minimum absolute atomic E-state index is 0.263. The number of benzene rings is 2. The lowest BCUT2D eigenvalue weighted by molar-refractivity contribution is -0.000309. The first-order valence-corrected chi connectivity index (χ1v) is 13.2. The smallest absolute Gasteiger partial charge is 0.175 e. The van der Waals surface area contributed by atoms with Crippen LogP contribution in [0.3, 0.4) is 0 Å². The van der Waals surface area contributed by atoms with Gasteiger partial charge in [-0.25, -0.2) is 8.42 Å². The maximum absolute atomic E-state index is 12.0. The molecule has 0 spiro atoms. The Morgan fingerprint density at radius 3 is 2.42 bits per heavy atom. The van der Waals surface area contributed by atoms with E-state index >= 15 is 0 Å². The second-order valence-electron chi connectivity index (χ2n) is 9.58. The van der Waals surface area contributed by atoms with Crippen molar-refractivity contribution in [3.05, 3.63) is 60.2 Å². The van der Waals surface area contributed by atoms with Crippen molar-refractivity contribution in [3.63, 3.8) is 0 Å². The standard InChI is InChI=1S/C25H34N2O3S/c1-25(28)13-11-20(12-14-25)18-27-16-15-26(19-24(27)21-7-4-3-5-8-21)22-9-6-10-23(17-22)31(2,29)30/h3-10,17,20,24,28H,11-16,18-19H2,1-2H3/t20?,24-,25?/m0/s1. The predicted molar refractivity (Wildman–Crippen MR) is 125 cm³/mol. The number of nitrogens with zero attached hydrogens (tertiary/aromatic N) is 2. The first-order valence-electron chi connectivity index (χ1n) is 11.3. The summed E-state index contributed by atoms with van der Waals surface area (Å²) in [5, 5.41) is 10.3. The van der Waals surface area contributed by atoms with E-state index < -0.39 is 15.4 Å². The van der Waals surface area contributed by atoms with Crippen molar-refractivity contribution in [1.82, 2.24) is 4.90 Å². The van der Waals surface area contributed by atoms with Crippen molar-refractivity contribution in [3.8, 4) is 0 Å². The van der Waals surface area contributed by atoms with Crippen LogP contribution in [0.25, 0.3) is 0 Å². The fourth-order valence-corrected chi connectivity index (χ4v) is 5.65. The number of hydrogen-bond donors (Lipinski definition) is 1. The number of anilines is 1. The minimum Gasteiger partial charge on any atom is -0.390 e. The summed E-state index contributed by atoms with van der Waals surface area (Å²) in [4.78, 5) is 5.28. The molecule has 2 aromatic carbocycles. The zero-order chi connectivity index (χ0) is 22.1. The Morgan fingerprint density at radius 2 is 1.74 bits per heavy atom. The summed E-state index contributed by atoms with van der Waals surface area (Å²) in [6.45, 7) is 5.66. The Bertz CT molecular complexity index is 981. The van der Waals surface area contributed by atoms with Gasteiger partial charge in [0.2, 0.25) is 0 Å². The molecular weight excluding hydrogens is 408 g/mol. The topological polar surface area (TPSA) is 60.9 Å². The quantitative estimate of drug-likeness (QED) is 0.761. The summed E-state index contributed by atoms with van der Waals surface area (Å²) in [5.74, 6) is 0.617. The average Bonchev–Trinajstić information content (AvgIpc) is 2.75. The average molecular weight is 443 g/mol. The zero-order valence-electron chi connectivity index (χ0n) is 18.6. The molecule has 168 valence electrons. The van der Waals surface area contributed by atoms with Crippen LogP contribution in [-0.4, -0.2) is 56.5 Å². The molecule has 1 aliphatic carbocycles. The van der Waals surface area contributed by atoms with Gasteiger partial charge in [-0.1, -0.05) is 36.4 Å². The third-order valence-electron chi connectivity index (χ3n) is 6.96. The molecule has 0 bridgehead atoms. The zero-order valence-corrected chi connectivity index (χ0v) is 19.4. The highest BCUT2D eigenvalue weighted by molar-refractivity contribution is 7.90. The molecule has 0 amide bonds. The van der Waals surface area contributed by atoms with Gasteiger partial charge >= 0.3 is 0 Å². The van der Waals surface area contributed by atoms with Crippen LogP contribution in [0.15, 0.2) is 59.5 Å². The number of rotatable bonds is 5. The maximum Gasteiger partial charge on any atom is 0.175 e. The van der Waals surface area contributed by atoms with Gasteiger partial charge in [-0.05, 0) is 62.3 Å². The van der Waals surface area contributed by atoms with Crippen LogP contribution in [0.5, 0.6) is 0 Å². The molecule has 1 aliphatic heterocycles. The van der Waals surface area contributed by atoms with Crippen LogP contribution in [-0.2, 0) is 9.84 Å². The van der Waals surface area contributed by atoms with Crippen molar-refractivity contribution in [2.75, 3.05) is 37.3 Å². The normalized spacial score (nSPS) is 27.9. The highest BCUT2D eigenvalue weighted by Crippen LogP contribution is 2.35. The van der Waals surface area contributed by atoms with Gasteiger partial charge in [0.1, 0.15) is 0 Å². The van der Waals surface area contributed by atoms with Crippen LogP contribution >= 0.6 is 0 Å². The molecule has 4 rings (SSSR count). The highest BCUT2D eigenvalue weighted by Gasteiger charge is 2.33. The molecule has 1 atom stereocenters. The van der Waals surface area contributed by atoms with Crippen molar-refractivity contribution >= 4 is 15.5 Å². The fourth-order valence-electron chi connectivity index (χ4n) is 4.99. The Morgan fingerprint density at radius 1 is 1.03 bits per heavy atom. The molecule has 0 radical (unpaired) electrons. The summed E-state index contributed by atoms with van der Waals surface area (Å²) in [6.07, 6.45) is 5.17. The molecule has 0 aromatic heterocycles. The molecule has 0 unspecified atom stereocenters. The van der Waals surface area contributed by atoms with Gasteiger partial charge in [0, 0.05) is 38.1 Å². The van der Waals surface area contributed by atoms with E-state index in [-0.39, 0.29) is 6.04 Å². The molecular formula is C25H34N2O3S. The van der Waals surface area contributed by atoms with Crippen molar-refractivity contribution < 1.29 is 13.5 Å². The van der Waals surface area contributed by atoms with E-state index in [0.29, 0.717) is 10.8 Å². The Hall–Kier alpha value is -1.89. The summed E-state index contributed by atoms with van der Waals surface area (Å²) >= 11 is 0. The van der Waals surface area contributed by atoms with Gasteiger partial charge in [-0.15, -0.1) is 0 Å². The van der Waals surface area contributed by atoms with Gasteiger partial charge < -0.3 is 10.0 Å². The van der Waals surface area contributed by atoms with E-state index in [0.717, 1.165) is 57.5 Å². The summed E-state index contributed by atoms with van der Waals surface area (Å²) < 4.78 is 24.1. The lowest BCUT2D eigenvalue weighted by Crippen LogP contribution is -2.50. The van der Waals surface area contributed by atoms with Gasteiger partial charge in [0.05, 0.1) is 16.5 Å². The molecule has 1 saturated heterocycles. The minimum atomic E-state index is -3.23. The van der Waals surface area contributed by atoms with Crippen molar-refractivity contribution in [2.45, 2.75) is 49.1 Å². The number of sulfone groups is 1. The van der Waals surface area contributed by atoms with Crippen LogP contribution in [0, 0.1) is 5.92 Å². The molecule has 1 saturated carbocycles. The number of piperazine rings is 1. The summed E-state index contributed by atoms with van der Waals surface area (Å²) in [7, 11) is -3.23. The second kappa shape index (κ2) is 8.93. The summed E-state index contributed by atoms with van der Waals surface area (Å²) in [5.41, 5.74) is 1.77. The van der Waals surface area contributed by atoms with E-state index in [1.165, 1.54) is 11.8 Å². The molecule has 6 heteroatoms. The first-order chi connectivity index (χ1) is 14.7. The van der Waals surface area contributed by atoms with Crippen LogP contribution in [0.4, 0.5) is 5.69 Å². The number of aliphatic hydroxyl groups is 1. The molecule has 1 heterocycles. The van der Waals surface area contributed by atoms with Crippen molar-refractivity contribution in [1.29, 1.82) is 0 Å². The van der Waals surface area contributed by atoms with Crippen molar-refractivity contribution in [2.24, 2.45) is 5.92 Å². The molecule has 2 aliphatic rings. The molecule has 2 aromatic rings. The van der Waals surface area contributed by atoms with Gasteiger partial charge in [0.15, 0.2) is 9.84 Å².